The van der Waals surface area contributed by atoms with Gasteiger partial charge in [-0.15, -0.1) is 5.10 Å². The van der Waals surface area contributed by atoms with Gasteiger partial charge in [-0.1, -0.05) is 47.1 Å². The molecule has 0 aliphatic heterocycles. The number of carbonyl (C=O) groups is 1. The van der Waals surface area contributed by atoms with Crippen molar-refractivity contribution in [3.63, 3.8) is 0 Å². The van der Waals surface area contributed by atoms with E-state index < -0.39 is 5.91 Å². The molecule has 7 heteroatoms. The van der Waals surface area contributed by atoms with Crippen LogP contribution < -0.4 is 11.1 Å². The van der Waals surface area contributed by atoms with Crippen LogP contribution in [0.2, 0.25) is 5.02 Å². The van der Waals surface area contributed by atoms with E-state index in [4.69, 9.17) is 17.3 Å². The van der Waals surface area contributed by atoms with E-state index in [1.54, 1.807) is 6.07 Å². The first-order valence-electron chi connectivity index (χ1n) is 7.77. The number of nitrogens with zero attached hydrogens (tertiary/aromatic N) is 3. The predicted octanol–water partition coefficient (Wildman–Crippen LogP) is 3.43. The molecule has 0 atom stereocenters. The Morgan fingerprint density at radius 3 is 2.72 bits per heavy atom. The van der Waals surface area contributed by atoms with E-state index in [1.165, 1.54) is 4.68 Å². The monoisotopic (exact) mass is 355 g/mol. The van der Waals surface area contributed by atoms with Gasteiger partial charge in [-0.2, -0.15) is 0 Å². The van der Waals surface area contributed by atoms with Gasteiger partial charge in [0.15, 0.2) is 11.5 Å². The van der Waals surface area contributed by atoms with E-state index in [-0.39, 0.29) is 11.5 Å². The lowest BCUT2D eigenvalue weighted by Gasteiger charge is -2.09. The molecule has 25 heavy (non-hydrogen) atoms. The zero-order valence-electron chi connectivity index (χ0n) is 14.0. The minimum atomic E-state index is -0.392. The number of halogens is 1. The maximum atomic E-state index is 12.5. The van der Waals surface area contributed by atoms with Crippen LogP contribution in [0.5, 0.6) is 0 Å². The summed E-state index contributed by atoms with van der Waals surface area (Å²) in [6.45, 7) is 4.27. The lowest BCUT2D eigenvalue weighted by Crippen LogP contribution is -2.16. The van der Waals surface area contributed by atoms with Crippen LogP contribution in [-0.4, -0.2) is 20.9 Å². The number of rotatable bonds is 4. The van der Waals surface area contributed by atoms with Gasteiger partial charge in [0.05, 0.1) is 6.54 Å². The lowest BCUT2D eigenvalue weighted by atomic mass is 10.1. The molecule has 2 aromatic carbocycles. The maximum Gasteiger partial charge on any atom is 0.280 e. The van der Waals surface area contributed by atoms with Gasteiger partial charge in [0.2, 0.25) is 0 Å². The molecular formula is C18H18ClN5O. The number of nitrogens with two attached hydrogens (primary N) is 1. The first kappa shape index (κ1) is 17.0. The van der Waals surface area contributed by atoms with Crippen LogP contribution >= 0.6 is 11.6 Å². The number of hydrogen-bond acceptors (Lipinski definition) is 4. The summed E-state index contributed by atoms with van der Waals surface area (Å²) in [6, 6.07) is 13.1. The number of benzene rings is 2. The van der Waals surface area contributed by atoms with Gasteiger partial charge in [0.25, 0.3) is 5.91 Å². The summed E-state index contributed by atoms with van der Waals surface area (Å²) in [5.74, 6) is -0.195. The highest BCUT2D eigenvalue weighted by Gasteiger charge is 2.19. The third kappa shape index (κ3) is 3.49. The van der Waals surface area contributed by atoms with E-state index in [1.807, 2.05) is 50.2 Å². The predicted molar refractivity (Wildman–Crippen MR) is 98.9 cm³/mol. The van der Waals surface area contributed by atoms with Crippen molar-refractivity contribution in [1.82, 2.24) is 15.0 Å². The van der Waals surface area contributed by atoms with Crippen molar-refractivity contribution < 1.29 is 4.79 Å². The Kier molecular flexibility index (Phi) is 4.72. The van der Waals surface area contributed by atoms with Crippen molar-refractivity contribution in [2.24, 2.45) is 0 Å². The van der Waals surface area contributed by atoms with Crippen LogP contribution in [0.25, 0.3) is 0 Å². The average Bonchev–Trinajstić information content (AvgIpc) is 2.95. The van der Waals surface area contributed by atoms with Crippen molar-refractivity contribution in [3.8, 4) is 0 Å². The highest BCUT2D eigenvalue weighted by Crippen LogP contribution is 2.21. The Bertz CT molecular complexity index is 935. The third-order valence-electron chi connectivity index (χ3n) is 4.12. The summed E-state index contributed by atoms with van der Waals surface area (Å²) in [6.07, 6.45) is 0. The number of nitrogen functional groups attached to an aromatic ring is 1. The maximum absolute atomic E-state index is 12.5. The summed E-state index contributed by atoms with van der Waals surface area (Å²) in [4.78, 5) is 12.5. The van der Waals surface area contributed by atoms with Gasteiger partial charge in [0.1, 0.15) is 0 Å². The highest BCUT2D eigenvalue weighted by atomic mass is 35.5. The quantitative estimate of drug-likeness (QED) is 0.750. The zero-order valence-corrected chi connectivity index (χ0v) is 14.7. The van der Waals surface area contributed by atoms with E-state index in [9.17, 15) is 4.79 Å². The minimum Gasteiger partial charge on any atom is -0.382 e. The van der Waals surface area contributed by atoms with Crippen LogP contribution in [0.15, 0.2) is 42.5 Å². The number of nitrogens with one attached hydrogen (secondary N) is 1. The van der Waals surface area contributed by atoms with Crippen molar-refractivity contribution >= 4 is 29.0 Å². The standard InChI is InChI=1S/C18H18ClN5O/c1-11-6-5-9-15(12(11)2)21-18(25)16-17(20)24(23-22-16)10-13-7-3-4-8-14(13)19/h3-9H,10,20H2,1-2H3,(H,21,25). The van der Waals surface area contributed by atoms with Gasteiger partial charge in [-0.3, -0.25) is 4.79 Å². The van der Waals surface area contributed by atoms with Gasteiger partial charge < -0.3 is 11.1 Å². The third-order valence-corrected chi connectivity index (χ3v) is 4.49. The molecule has 3 aromatic rings. The number of anilines is 2. The van der Waals surface area contributed by atoms with Gasteiger partial charge in [0, 0.05) is 10.7 Å². The summed E-state index contributed by atoms with van der Waals surface area (Å²) in [5, 5.41) is 11.3. The SMILES string of the molecule is Cc1cccc(NC(=O)c2nnn(Cc3ccccc3Cl)c2N)c1C. The summed E-state index contributed by atoms with van der Waals surface area (Å²) in [5.41, 5.74) is 9.81. The Balaban J connectivity index is 1.82. The lowest BCUT2D eigenvalue weighted by molar-refractivity contribution is 0.102. The number of hydrogen-bond donors (Lipinski definition) is 2. The van der Waals surface area contributed by atoms with Crippen LogP contribution in [0.3, 0.4) is 0 Å². The molecule has 0 saturated heterocycles. The normalized spacial score (nSPS) is 10.7. The van der Waals surface area contributed by atoms with E-state index >= 15 is 0 Å². The second-order valence-corrected chi connectivity index (χ2v) is 6.18. The first-order chi connectivity index (χ1) is 12.0. The Labute approximate surface area is 150 Å². The number of aromatic nitrogens is 3. The molecule has 0 saturated carbocycles. The molecule has 1 amide bonds. The van der Waals surface area contributed by atoms with Gasteiger partial charge in [-0.05, 0) is 42.7 Å². The molecule has 0 fully saturated rings. The van der Waals surface area contributed by atoms with Crippen molar-refractivity contribution in [3.05, 3.63) is 69.9 Å². The van der Waals surface area contributed by atoms with E-state index in [0.29, 0.717) is 11.6 Å². The zero-order chi connectivity index (χ0) is 18.0. The molecule has 0 aliphatic rings. The van der Waals surface area contributed by atoms with Crippen molar-refractivity contribution in [2.75, 3.05) is 11.1 Å². The minimum absolute atomic E-state index is 0.0907. The summed E-state index contributed by atoms with van der Waals surface area (Å²) in [7, 11) is 0. The fourth-order valence-corrected chi connectivity index (χ4v) is 2.65. The molecule has 0 unspecified atom stereocenters. The van der Waals surface area contributed by atoms with E-state index in [0.717, 1.165) is 22.4 Å². The molecule has 1 heterocycles. The molecule has 3 rings (SSSR count). The van der Waals surface area contributed by atoms with Crippen LogP contribution in [0.4, 0.5) is 11.5 Å². The smallest absolute Gasteiger partial charge is 0.280 e. The second-order valence-electron chi connectivity index (χ2n) is 5.77. The molecule has 0 bridgehead atoms. The molecule has 128 valence electrons. The topological polar surface area (TPSA) is 85.8 Å². The molecule has 0 aliphatic carbocycles. The van der Waals surface area contributed by atoms with Gasteiger partial charge in [-0.25, -0.2) is 4.68 Å². The fraction of sp³-hybridized carbons (Fsp3) is 0.167. The fourth-order valence-electron chi connectivity index (χ4n) is 2.45. The van der Waals surface area contributed by atoms with Crippen LogP contribution in [0, 0.1) is 13.8 Å². The van der Waals surface area contributed by atoms with Crippen molar-refractivity contribution in [1.29, 1.82) is 0 Å². The molecule has 1 aromatic heterocycles. The highest BCUT2D eigenvalue weighted by molar-refractivity contribution is 6.31. The largest absolute Gasteiger partial charge is 0.382 e. The molecule has 0 radical (unpaired) electrons. The Hall–Kier alpha value is -2.86. The van der Waals surface area contributed by atoms with E-state index in [2.05, 4.69) is 15.6 Å². The average molecular weight is 356 g/mol. The summed E-state index contributed by atoms with van der Waals surface area (Å²) < 4.78 is 1.46. The first-order valence-corrected chi connectivity index (χ1v) is 8.15. The Morgan fingerprint density at radius 2 is 1.96 bits per heavy atom. The van der Waals surface area contributed by atoms with Crippen molar-refractivity contribution in [2.45, 2.75) is 20.4 Å². The molecular weight excluding hydrogens is 338 g/mol. The summed E-state index contributed by atoms with van der Waals surface area (Å²) >= 11 is 6.15. The number of aryl methyl sites for hydroxylation is 1. The second kappa shape index (κ2) is 6.94. The number of carbonyl (C=O) groups excluding carboxylic acids is 1. The van der Waals surface area contributed by atoms with Crippen LogP contribution in [-0.2, 0) is 6.54 Å². The number of amides is 1. The molecule has 0 spiro atoms. The Morgan fingerprint density at radius 1 is 1.20 bits per heavy atom. The molecule has 6 nitrogen and oxygen atoms in total. The molecule has 3 N–H and O–H groups in total. The van der Waals surface area contributed by atoms with Crippen LogP contribution in [0.1, 0.15) is 27.2 Å². The van der Waals surface area contributed by atoms with Gasteiger partial charge >= 0.3 is 0 Å².